The zero-order chi connectivity index (χ0) is 17.5. The summed E-state index contributed by atoms with van der Waals surface area (Å²) in [4.78, 5) is 39.7. The fourth-order valence-electron chi connectivity index (χ4n) is 2.76. The summed E-state index contributed by atoms with van der Waals surface area (Å²) in [5, 5.41) is 2.94. The van der Waals surface area contributed by atoms with Crippen molar-refractivity contribution in [3.8, 4) is 0 Å². The molecule has 6 N–H and O–H groups in total. The fraction of sp³-hybridized carbons (Fsp3) is 0.636. The number of phosphoric acid groups is 1. The maximum atomic E-state index is 11.9. The molecule has 2 aliphatic rings. The quantitative estimate of drug-likeness (QED) is 0.388. The first-order chi connectivity index (χ1) is 11.2. The molecule has 0 amide bonds. The number of nitrogens with two attached hydrogens (primary N) is 1. The van der Waals surface area contributed by atoms with Crippen LogP contribution in [0.5, 0.6) is 0 Å². The summed E-state index contributed by atoms with van der Waals surface area (Å²) in [6.45, 7) is 1.03. The van der Waals surface area contributed by atoms with Crippen LogP contribution in [0.3, 0.4) is 0 Å². The van der Waals surface area contributed by atoms with Crippen molar-refractivity contribution in [1.29, 1.82) is 0 Å². The third-order valence-corrected chi connectivity index (χ3v) is 4.21. The van der Waals surface area contributed by atoms with Gasteiger partial charge in [-0.15, -0.1) is 0 Å². The highest BCUT2D eigenvalue weighted by Crippen LogP contribution is 2.36. The second kappa shape index (κ2) is 6.31. The minimum atomic E-state index is -4.56. The van der Waals surface area contributed by atoms with Crippen LogP contribution in [0.1, 0.15) is 0 Å². The van der Waals surface area contributed by atoms with Crippen molar-refractivity contribution < 1.29 is 23.6 Å². The predicted molar refractivity (Wildman–Crippen MR) is 84.4 cm³/mol. The van der Waals surface area contributed by atoms with Crippen molar-refractivity contribution in [2.45, 2.75) is 12.3 Å². The molecule has 1 aromatic heterocycles. The van der Waals surface area contributed by atoms with E-state index in [1.165, 1.54) is 0 Å². The van der Waals surface area contributed by atoms with Gasteiger partial charge in [-0.3, -0.25) is 19.2 Å². The molecule has 1 saturated heterocycles. The highest BCUT2D eigenvalue weighted by Gasteiger charge is 2.36. The number of nitrogens with one attached hydrogen (secondary N) is 2. The molecule has 0 bridgehead atoms. The summed E-state index contributed by atoms with van der Waals surface area (Å²) in [5.74, 6) is 0.379. The van der Waals surface area contributed by atoms with Gasteiger partial charge in [0, 0.05) is 13.1 Å². The van der Waals surface area contributed by atoms with E-state index in [4.69, 9.17) is 20.3 Å². The lowest BCUT2D eigenvalue weighted by Gasteiger charge is -2.40. The van der Waals surface area contributed by atoms with Crippen LogP contribution < -0.4 is 21.5 Å². The van der Waals surface area contributed by atoms with Crippen LogP contribution in [0.25, 0.3) is 0 Å². The van der Waals surface area contributed by atoms with E-state index in [0.29, 0.717) is 31.3 Å². The third kappa shape index (κ3) is 3.69. The van der Waals surface area contributed by atoms with Crippen molar-refractivity contribution in [1.82, 2.24) is 14.9 Å². The van der Waals surface area contributed by atoms with E-state index in [1.54, 1.807) is 4.90 Å². The molecular formula is C11H19N6O6P. The van der Waals surface area contributed by atoms with Gasteiger partial charge >= 0.3 is 7.82 Å². The summed E-state index contributed by atoms with van der Waals surface area (Å²) in [7, 11) is -2.71. The largest absolute Gasteiger partial charge is 0.469 e. The number of likely N-dealkylation sites (N-methyl/N-ethyl adjacent to an activating group) is 1. The number of phosphoric ester groups is 1. The van der Waals surface area contributed by atoms with Gasteiger partial charge in [0.25, 0.3) is 5.56 Å². The molecule has 0 radical (unpaired) electrons. The average Bonchev–Trinajstić information content (AvgIpc) is 2.88. The number of ether oxygens (including phenoxy) is 1. The normalized spacial score (nSPS) is 24.7. The first-order valence-corrected chi connectivity index (χ1v) is 8.70. The monoisotopic (exact) mass is 362 g/mol. The number of hydrogen-bond acceptors (Lipinski definition) is 9. The molecule has 1 aromatic rings. The number of morpholine rings is 1. The molecule has 1 fully saturated rings. The minimum absolute atomic E-state index is 0.00185. The molecule has 0 unspecified atom stereocenters. The Hall–Kier alpha value is -1.69. The van der Waals surface area contributed by atoms with Gasteiger partial charge in [0.2, 0.25) is 5.95 Å². The van der Waals surface area contributed by atoms with Crippen molar-refractivity contribution >= 4 is 25.3 Å². The van der Waals surface area contributed by atoms with Gasteiger partial charge in [0.15, 0.2) is 5.82 Å². The number of H-pyrrole nitrogens is 1. The highest BCUT2D eigenvalue weighted by atomic mass is 31.2. The Labute approximate surface area is 136 Å². The van der Waals surface area contributed by atoms with Crippen LogP contribution in [-0.4, -0.2) is 70.4 Å². The number of nitrogens with zero attached hydrogens (tertiary/aromatic N) is 3. The third-order valence-electron chi connectivity index (χ3n) is 3.73. The van der Waals surface area contributed by atoms with Crippen molar-refractivity contribution in [3.63, 3.8) is 0 Å². The Morgan fingerprint density at radius 2 is 2.25 bits per heavy atom. The second-order valence-corrected chi connectivity index (χ2v) is 6.91. The highest BCUT2D eigenvalue weighted by molar-refractivity contribution is 7.46. The SMILES string of the molecule is CN1C[C@@H](COP(=O)(O)O)O[C@@H](N2CNc3c2nc(N)[nH]c3=O)C1. The molecule has 2 aliphatic heterocycles. The van der Waals surface area contributed by atoms with Gasteiger partial charge < -0.3 is 30.5 Å². The standard InChI is InChI=1S/C11H19N6O6P/c1-16-2-6(4-22-24(19,20)21)23-7(3-16)17-5-13-8-9(17)14-11(12)15-10(8)18/h6-7,13H,2-5H2,1H3,(H2,19,20,21)(H3,12,14,15,18)/t6-,7+/m0/s1. The first-order valence-electron chi connectivity index (χ1n) is 7.17. The number of anilines is 3. The molecule has 0 aliphatic carbocycles. The molecule has 13 heteroatoms. The topological polar surface area (TPSA) is 166 Å². The van der Waals surface area contributed by atoms with Crippen LogP contribution in [0, 0.1) is 0 Å². The van der Waals surface area contributed by atoms with E-state index >= 15 is 0 Å². The lowest BCUT2D eigenvalue weighted by molar-refractivity contribution is -0.0949. The van der Waals surface area contributed by atoms with Crippen LogP contribution in [0.2, 0.25) is 0 Å². The first kappa shape index (κ1) is 17.1. The van der Waals surface area contributed by atoms with Gasteiger partial charge in [-0.05, 0) is 7.05 Å². The Kier molecular flexibility index (Phi) is 4.51. The van der Waals surface area contributed by atoms with Crippen molar-refractivity contribution in [3.05, 3.63) is 10.4 Å². The molecular weight excluding hydrogens is 343 g/mol. The maximum absolute atomic E-state index is 11.9. The predicted octanol–water partition coefficient (Wildman–Crippen LogP) is -1.69. The summed E-state index contributed by atoms with van der Waals surface area (Å²) in [6, 6.07) is 0. The molecule has 12 nitrogen and oxygen atoms in total. The second-order valence-electron chi connectivity index (χ2n) is 5.67. The number of nitrogen functional groups attached to an aromatic ring is 1. The Morgan fingerprint density at radius 3 is 2.96 bits per heavy atom. The van der Waals surface area contributed by atoms with Gasteiger partial charge in [-0.2, -0.15) is 4.98 Å². The summed E-state index contributed by atoms with van der Waals surface area (Å²) in [6.07, 6.45) is -1.01. The summed E-state index contributed by atoms with van der Waals surface area (Å²) in [5.41, 5.74) is 5.53. The lowest BCUT2D eigenvalue weighted by Crippen LogP contribution is -2.54. The smallest absolute Gasteiger partial charge is 0.369 e. The van der Waals surface area contributed by atoms with E-state index in [9.17, 15) is 9.36 Å². The Morgan fingerprint density at radius 1 is 1.50 bits per heavy atom. The van der Waals surface area contributed by atoms with E-state index in [0.717, 1.165) is 0 Å². The molecule has 3 rings (SSSR count). The van der Waals surface area contributed by atoms with Crippen LogP contribution >= 0.6 is 7.82 Å². The van der Waals surface area contributed by atoms with E-state index in [1.807, 2.05) is 11.9 Å². The summed E-state index contributed by atoms with van der Waals surface area (Å²) < 4.78 is 21.2. The number of fused-ring (bicyclic) bond motifs is 1. The van der Waals surface area contributed by atoms with Crippen LogP contribution in [0.15, 0.2) is 4.79 Å². The molecule has 0 aromatic carbocycles. The molecule has 24 heavy (non-hydrogen) atoms. The van der Waals surface area contributed by atoms with Gasteiger partial charge in [0.05, 0.1) is 19.4 Å². The van der Waals surface area contributed by atoms with Gasteiger partial charge in [-0.25, -0.2) is 4.57 Å². The molecule has 0 spiro atoms. The van der Waals surface area contributed by atoms with Crippen molar-refractivity contribution in [2.75, 3.05) is 49.4 Å². The molecule has 2 atom stereocenters. The number of aromatic amines is 1. The van der Waals surface area contributed by atoms with Crippen LogP contribution in [0.4, 0.5) is 17.5 Å². The number of hydrogen-bond donors (Lipinski definition) is 5. The zero-order valence-electron chi connectivity index (χ0n) is 12.9. The average molecular weight is 362 g/mol. The van der Waals surface area contributed by atoms with E-state index < -0.39 is 20.2 Å². The van der Waals surface area contributed by atoms with Gasteiger partial charge in [0.1, 0.15) is 11.9 Å². The zero-order valence-corrected chi connectivity index (χ0v) is 13.8. The molecule has 3 heterocycles. The number of rotatable bonds is 4. The Bertz CT molecular complexity index is 721. The number of aromatic nitrogens is 2. The lowest BCUT2D eigenvalue weighted by atomic mass is 10.2. The fourth-order valence-corrected chi connectivity index (χ4v) is 3.12. The van der Waals surface area contributed by atoms with E-state index in [-0.39, 0.29) is 18.1 Å². The van der Waals surface area contributed by atoms with Crippen LogP contribution in [-0.2, 0) is 13.8 Å². The summed E-state index contributed by atoms with van der Waals surface area (Å²) >= 11 is 0. The molecule has 134 valence electrons. The van der Waals surface area contributed by atoms with Crippen molar-refractivity contribution in [2.24, 2.45) is 0 Å². The maximum Gasteiger partial charge on any atom is 0.469 e. The Balaban J connectivity index is 1.76. The van der Waals surface area contributed by atoms with Gasteiger partial charge in [-0.1, -0.05) is 0 Å². The minimum Gasteiger partial charge on any atom is -0.369 e. The molecule has 0 saturated carbocycles. The van der Waals surface area contributed by atoms with E-state index in [2.05, 4.69) is 19.8 Å².